The predicted molar refractivity (Wildman–Crippen MR) is 97.3 cm³/mol. The van der Waals surface area contributed by atoms with E-state index >= 15 is 0 Å². The molecule has 1 aromatic carbocycles. The molecule has 1 N–H and O–H groups in total. The van der Waals surface area contributed by atoms with Crippen molar-refractivity contribution in [3.63, 3.8) is 0 Å². The Kier molecular flexibility index (Phi) is 5.53. The summed E-state index contributed by atoms with van der Waals surface area (Å²) in [5.41, 5.74) is 0.491. The number of esters is 2. The average molecular weight is 403 g/mol. The van der Waals surface area contributed by atoms with Gasteiger partial charge in [0, 0.05) is 0 Å². The van der Waals surface area contributed by atoms with Gasteiger partial charge in [-0.2, -0.15) is 0 Å². The molecule has 154 valence electrons. The van der Waals surface area contributed by atoms with E-state index in [4.69, 9.17) is 0 Å². The van der Waals surface area contributed by atoms with Crippen molar-refractivity contribution in [1.29, 1.82) is 0 Å². The normalized spacial score (nSPS) is 19.7. The van der Waals surface area contributed by atoms with E-state index < -0.39 is 55.0 Å². The van der Waals surface area contributed by atoms with Crippen LogP contribution in [0.15, 0.2) is 24.3 Å². The summed E-state index contributed by atoms with van der Waals surface area (Å²) in [5, 5.41) is 2.72. The maximum Gasteiger partial charge on any atom is 0.325 e. The Morgan fingerprint density at radius 2 is 1.72 bits per heavy atom. The number of rotatable bonds is 6. The lowest BCUT2D eigenvalue weighted by molar-refractivity contribution is -0.152. The van der Waals surface area contributed by atoms with E-state index in [1.807, 2.05) is 12.1 Å². The summed E-state index contributed by atoms with van der Waals surface area (Å²) in [6.45, 7) is -1.63. The summed E-state index contributed by atoms with van der Waals surface area (Å²) in [6.07, 6.45) is 1.02. The van der Waals surface area contributed by atoms with Gasteiger partial charge in [0.05, 0.1) is 14.2 Å². The van der Waals surface area contributed by atoms with Crippen LogP contribution in [0.1, 0.15) is 17.5 Å². The Bertz CT molecular complexity index is 866. The second-order valence-electron chi connectivity index (χ2n) is 6.79. The average Bonchev–Trinajstić information content (AvgIpc) is 3.20. The number of methoxy groups -OCH3 is 2. The molecular weight excluding hydrogens is 382 g/mol. The molecule has 1 spiro atoms. The van der Waals surface area contributed by atoms with E-state index in [1.54, 1.807) is 12.1 Å². The van der Waals surface area contributed by atoms with Crippen molar-refractivity contribution in [1.82, 2.24) is 15.1 Å². The predicted octanol–water partition coefficient (Wildman–Crippen LogP) is -0.445. The highest BCUT2D eigenvalue weighted by atomic mass is 16.5. The monoisotopic (exact) mass is 403 g/mol. The van der Waals surface area contributed by atoms with Crippen LogP contribution in [0.25, 0.3) is 0 Å². The highest BCUT2D eigenvalue weighted by molar-refractivity contribution is 6.10. The van der Waals surface area contributed by atoms with E-state index in [-0.39, 0.29) is 0 Å². The standard InChI is InChI=1S/C19H21N3O7/c1-28-15(24)10-21(11-16(25)29-2)14(23)9-22-17(26)19(20-18(22)27)8-7-12-5-3-4-6-13(12)19/h3-6H,7-11H2,1-2H3,(H,20,27). The topological polar surface area (TPSA) is 122 Å². The number of carbonyl (C=O) groups is 5. The number of hydrogen-bond acceptors (Lipinski definition) is 7. The molecule has 10 nitrogen and oxygen atoms in total. The molecule has 1 aliphatic carbocycles. The van der Waals surface area contributed by atoms with Crippen molar-refractivity contribution < 1.29 is 33.4 Å². The van der Waals surface area contributed by atoms with Crippen LogP contribution < -0.4 is 5.32 Å². The first-order valence-electron chi connectivity index (χ1n) is 8.96. The maximum absolute atomic E-state index is 13.1. The highest BCUT2D eigenvalue weighted by Gasteiger charge is 2.55. The Balaban J connectivity index is 1.79. The second kappa shape index (κ2) is 7.90. The molecule has 1 atom stereocenters. The van der Waals surface area contributed by atoms with Crippen LogP contribution in [0.3, 0.4) is 0 Å². The molecule has 1 saturated heterocycles. The molecule has 2 aliphatic rings. The quantitative estimate of drug-likeness (QED) is 0.504. The van der Waals surface area contributed by atoms with Crippen molar-refractivity contribution >= 4 is 29.8 Å². The molecular formula is C19H21N3O7. The Labute approximate surface area is 166 Å². The third-order valence-corrected chi connectivity index (χ3v) is 5.16. The van der Waals surface area contributed by atoms with Gasteiger partial charge in [-0.1, -0.05) is 24.3 Å². The molecule has 0 radical (unpaired) electrons. The summed E-state index contributed by atoms with van der Waals surface area (Å²) in [6, 6.07) is 6.63. The SMILES string of the molecule is COC(=O)CN(CC(=O)OC)C(=O)CN1C(=O)NC2(CCc3ccccc32)C1=O. The van der Waals surface area contributed by atoms with Crippen LogP contribution in [0.4, 0.5) is 4.79 Å². The van der Waals surface area contributed by atoms with Crippen LogP contribution in [0.2, 0.25) is 0 Å². The zero-order chi connectivity index (χ0) is 21.2. The van der Waals surface area contributed by atoms with E-state index in [9.17, 15) is 24.0 Å². The first-order chi connectivity index (χ1) is 13.8. The summed E-state index contributed by atoms with van der Waals surface area (Å²) < 4.78 is 9.06. The van der Waals surface area contributed by atoms with Gasteiger partial charge in [-0.15, -0.1) is 0 Å². The number of hydrogen-bond donors (Lipinski definition) is 1. The molecule has 1 aromatic rings. The van der Waals surface area contributed by atoms with Crippen LogP contribution >= 0.6 is 0 Å². The number of nitrogens with zero attached hydrogens (tertiary/aromatic N) is 2. The molecule has 29 heavy (non-hydrogen) atoms. The number of imide groups is 1. The van der Waals surface area contributed by atoms with Gasteiger partial charge in [-0.25, -0.2) is 4.79 Å². The minimum atomic E-state index is -1.19. The van der Waals surface area contributed by atoms with Gasteiger partial charge >= 0.3 is 18.0 Å². The lowest BCUT2D eigenvalue weighted by Gasteiger charge is -2.24. The minimum Gasteiger partial charge on any atom is -0.468 e. The number of aryl methyl sites for hydroxylation is 1. The largest absolute Gasteiger partial charge is 0.468 e. The fourth-order valence-corrected chi connectivity index (χ4v) is 3.64. The molecule has 1 heterocycles. The molecule has 1 fully saturated rings. The van der Waals surface area contributed by atoms with Gasteiger partial charge in [0.25, 0.3) is 5.91 Å². The maximum atomic E-state index is 13.1. The van der Waals surface area contributed by atoms with Gasteiger partial charge in [0.1, 0.15) is 25.2 Å². The number of amides is 4. The number of urea groups is 1. The van der Waals surface area contributed by atoms with Gasteiger partial charge in [-0.05, 0) is 24.0 Å². The minimum absolute atomic E-state index is 0.398. The van der Waals surface area contributed by atoms with Crippen LogP contribution in [0.5, 0.6) is 0 Å². The lowest BCUT2D eigenvalue weighted by atomic mass is 9.92. The van der Waals surface area contributed by atoms with Crippen LogP contribution in [-0.4, -0.2) is 73.4 Å². The summed E-state index contributed by atoms with van der Waals surface area (Å²) in [5.74, 6) is -2.79. The van der Waals surface area contributed by atoms with E-state index in [0.29, 0.717) is 18.4 Å². The van der Waals surface area contributed by atoms with Crippen molar-refractivity contribution in [3.8, 4) is 0 Å². The number of ether oxygens (including phenoxy) is 2. The number of fused-ring (bicyclic) bond motifs is 2. The third-order valence-electron chi connectivity index (χ3n) is 5.16. The molecule has 1 aliphatic heterocycles. The molecule has 0 aromatic heterocycles. The van der Waals surface area contributed by atoms with E-state index in [0.717, 1.165) is 29.6 Å². The fraction of sp³-hybridized carbons (Fsp3) is 0.421. The highest BCUT2D eigenvalue weighted by Crippen LogP contribution is 2.41. The molecule has 10 heteroatoms. The number of carbonyl (C=O) groups excluding carboxylic acids is 5. The zero-order valence-electron chi connectivity index (χ0n) is 16.1. The van der Waals surface area contributed by atoms with Crippen molar-refractivity contribution in [2.45, 2.75) is 18.4 Å². The Morgan fingerprint density at radius 1 is 1.10 bits per heavy atom. The second-order valence-corrected chi connectivity index (χ2v) is 6.79. The van der Waals surface area contributed by atoms with Crippen molar-refractivity contribution in [2.75, 3.05) is 33.9 Å². The zero-order valence-corrected chi connectivity index (χ0v) is 16.1. The third kappa shape index (κ3) is 3.65. The van der Waals surface area contributed by atoms with Gasteiger partial charge in [-0.3, -0.25) is 24.1 Å². The fourth-order valence-electron chi connectivity index (χ4n) is 3.64. The van der Waals surface area contributed by atoms with Gasteiger partial charge in [0.2, 0.25) is 5.91 Å². The first-order valence-corrected chi connectivity index (χ1v) is 8.96. The molecule has 0 bridgehead atoms. The number of benzene rings is 1. The van der Waals surface area contributed by atoms with E-state index in [1.165, 1.54) is 0 Å². The molecule has 3 rings (SSSR count). The molecule has 1 unspecified atom stereocenters. The summed E-state index contributed by atoms with van der Waals surface area (Å²) in [4.78, 5) is 63.1. The Morgan fingerprint density at radius 3 is 2.34 bits per heavy atom. The smallest absolute Gasteiger partial charge is 0.325 e. The van der Waals surface area contributed by atoms with Crippen LogP contribution in [0, 0.1) is 0 Å². The number of nitrogens with one attached hydrogen (secondary N) is 1. The van der Waals surface area contributed by atoms with Crippen molar-refractivity contribution in [3.05, 3.63) is 35.4 Å². The Hall–Kier alpha value is -3.43. The molecule has 0 saturated carbocycles. The summed E-state index contributed by atoms with van der Waals surface area (Å²) in [7, 11) is 2.28. The first kappa shape index (κ1) is 20.3. The van der Waals surface area contributed by atoms with Gasteiger partial charge in [0.15, 0.2) is 0 Å². The van der Waals surface area contributed by atoms with Crippen molar-refractivity contribution in [2.24, 2.45) is 0 Å². The van der Waals surface area contributed by atoms with Gasteiger partial charge < -0.3 is 19.7 Å². The van der Waals surface area contributed by atoms with E-state index in [2.05, 4.69) is 14.8 Å². The van der Waals surface area contributed by atoms with Crippen LogP contribution in [-0.2, 0) is 40.6 Å². The molecule has 4 amide bonds. The lowest BCUT2D eigenvalue weighted by Crippen LogP contribution is -2.47. The summed E-state index contributed by atoms with van der Waals surface area (Å²) >= 11 is 0.